The molecule has 1 aromatic heterocycles. The smallest absolute Gasteiger partial charge is 0.330 e. The van der Waals surface area contributed by atoms with Crippen molar-refractivity contribution >= 4 is 15.7 Å². The molecule has 0 spiro atoms. The fourth-order valence-electron chi connectivity index (χ4n) is 4.78. The van der Waals surface area contributed by atoms with Gasteiger partial charge in [0.2, 0.25) is 0 Å². The van der Waals surface area contributed by atoms with Crippen molar-refractivity contribution in [3.63, 3.8) is 0 Å². The molecule has 3 heterocycles. The Kier molecular flexibility index (Phi) is 9.31. The lowest BCUT2D eigenvalue weighted by Gasteiger charge is -2.26. The van der Waals surface area contributed by atoms with Crippen LogP contribution in [0.5, 0.6) is 0 Å². The predicted molar refractivity (Wildman–Crippen MR) is 152 cm³/mol. The molecular formula is C28H30N4O11S. The maximum Gasteiger partial charge on any atom is 0.330 e. The van der Waals surface area contributed by atoms with Crippen molar-refractivity contribution in [1.82, 2.24) is 9.55 Å². The summed E-state index contributed by atoms with van der Waals surface area (Å²) in [6.07, 6.45) is -12.0. The number of H-pyrrole nitrogens is 1. The third kappa shape index (κ3) is 6.61. The van der Waals surface area contributed by atoms with Crippen molar-refractivity contribution in [2.24, 2.45) is 5.73 Å². The zero-order valence-corrected chi connectivity index (χ0v) is 23.7. The van der Waals surface area contributed by atoms with Gasteiger partial charge in [0, 0.05) is 24.4 Å². The van der Waals surface area contributed by atoms with Crippen LogP contribution in [0.2, 0.25) is 0 Å². The van der Waals surface area contributed by atoms with Gasteiger partial charge in [-0.05, 0) is 30.3 Å². The van der Waals surface area contributed by atoms with Crippen LogP contribution in [0, 0.1) is 11.8 Å². The second-order valence-corrected chi connectivity index (χ2v) is 11.8. The van der Waals surface area contributed by atoms with Crippen molar-refractivity contribution in [1.29, 1.82) is 0 Å². The van der Waals surface area contributed by atoms with E-state index in [9.17, 15) is 38.4 Å². The maximum absolute atomic E-state index is 12.8. The molecule has 2 aromatic carbocycles. The quantitative estimate of drug-likeness (QED) is 0.131. The predicted octanol–water partition coefficient (Wildman–Crippen LogP) is -2.20. The molecule has 0 amide bonds. The van der Waals surface area contributed by atoms with E-state index in [1.165, 1.54) is 24.3 Å². The molecule has 8 N–H and O–H groups in total. The minimum Gasteiger partial charge on any atom is -0.387 e. The fraction of sp³-hybridized carbons (Fsp3) is 0.357. The molecule has 0 aliphatic carbocycles. The first-order valence-electron chi connectivity index (χ1n) is 13.4. The second-order valence-electron chi connectivity index (χ2n) is 10.1. The van der Waals surface area contributed by atoms with Gasteiger partial charge in [0.05, 0.1) is 10.6 Å². The zero-order valence-electron chi connectivity index (χ0n) is 22.8. The van der Waals surface area contributed by atoms with E-state index in [-0.39, 0.29) is 17.1 Å². The molecule has 9 atom stereocenters. The van der Waals surface area contributed by atoms with Crippen LogP contribution in [0.4, 0.5) is 5.69 Å². The third-order valence-electron chi connectivity index (χ3n) is 7.06. The number of nitrogens with zero attached hydrogens (tertiary/aromatic N) is 1. The van der Waals surface area contributed by atoms with Gasteiger partial charge in [0.1, 0.15) is 36.6 Å². The number of rotatable bonds is 8. The summed E-state index contributed by atoms with van der Waals surface area (Å²) in [7, 11) is -3.89. The minimum absolute atomic E-state index is 0.0557. The van der Waals surface area contributed by atoms with E-state index in [0.29, 0.717) is 5.56 Å². The first-order valence-corrected chi connectivity index (χ1v) is 14.9. The number of aromatic amines is 1. The summed E-state index contributed by atoms with van der Waals surface area (Å²) in [6.45, 7) is -0.140. The number of benzene rings is 2. The standard InChI is InChI=1S/C28H30N4O11S/c29-14-19-21(34)24(37)27(42-19)41-18(25-22(35)23(36)26(43-25)32-12-11-20(33)30-28(32)38)10-9-15-5-4-6-16(13-15)31-44(39,40)17-7-2-1-3-8-17/h1-8,11-13,18-19,21-27,31,34-37H,14,29H2,(H,30,33,38)/t18-,19+,21+,22-,23+,24+,25+,26+,27+/m0/s1. The molecule has 2 fully saturated rings. The van der Waals surface area contributed by atoms with Crippen molar-refractivity contribution in [2.75, 3.05) is 11.3 Å². The number of ether oxygens (including phenoxy) is 3. The van der Waals surface area contributed by atoms with Gasteiger partial charge in [-0.25, -0.2) is 13.2 Å². The number of hydrogen-bond donors (Lipinski definition) is 7. The topological polar surface area (TPSA) is 236 Å². The summed E-state index contributed by atoms with van der Waals surface area (Å²) < 4.78 is 46.0. The first kappa shape index (κ1) is 31.5. The molecule has 5 rings (SSSR count). The van der Waals surface area contributed by atoms with E-state index < -0.39 is 76.5 Å². The SMILES string of the molecule is NC[C@H]1O[C@@H](O[C@@H](C#Cc2cccc(NS(=O)(=O)c3ccccc3)c2)[C@H]2O[C@@H](n3ccc(=O)[nH]c3=O)[C@H](O)[C@@H]2O)[C@H](O)[C@@H]1O. The number of anilines is 1. The van der Waals surface area contributed by atoms with Gasteiger partial charge in [-0.15, -0.1) is 0 Å². The Morgan fingerprint density at radius 3 is 2.41 bits per heavy atom. The van der Waals surface area contributed by atoms with Gasteiger partial charge in [0.25, 0.3) is 15.6 Å². The molecule has 0 saturated carbocycles. The van der Waals surface area contributed by atoms with Crippen LogP contribution in [-0.4, -0.2) is 94.0 Å². The molecule has 2 saturated heterocycles. The Labute approximate surface area is 250 Å². The summed E-state index contributed by atoms with van der Waals surface area (Å²) in [5, 5.41) is 42.4. The van der Waals surface area contributed by atoms with Crippen molar-refractivity contribution in [2.45, 2.75) is 60.1 Å². The molecule has 16 heteroatoms. The molecule has 3 aromatic rings. The van der Waals surface area contributed by atoms with E-state index in [1.807, 2.05) is 4.98 Å². The fourth-order valence-corrected chi connectivity index (χ4v) is 5.85. The minimum atomic E-state index is -3.89. The van der Waals surface area contributed by atoms with Gasteiger partial charge in [-0.2, -0.15) is 0 Å². The molecule has 44 heavy (non-hydrogen) atoms. The van der Waals surface area contributed by atoms with Crippen molar-refractivity contribution < 1.29 is 43.1 Å². The van der Waals surface area contributed by atoms with Crippen LogP contribution < -0.4 is 21.7 Å². The monoisotopic (exact) mass is 630 g/mol. The normalized spacial score (nSPS) is 29.1. The average Bonchev–Trinajstić information content (AvgIpc) is 3.45. The van der Waals surface area contributed by atoms with Crippen LogP contribution in [0.25, 0.3) is 0 Å². The van der Waals surface area contributed by atoms with Crippen LogP contribution in [0.3, 0.4) is 0 Å². The number of sulfonamides is 1. The zero-order chi connectivity index (χ0) is 31.6. The van der Waals surface area contributed by atoms with Crippen LogP contribution >= 0.6 is 0 Å². The van der Waals surface area contributed by atoms with Crippen molar-refractivity contribution in [3.8, 4) is 11.8 Å². The molecule has 0 bridgehead atoms. The molecule has 234 valence electrons. The Bertz CT molecular complexity index is 1750. The third-order valence-corrected chi connectivity index (χ3v) is 8.45. The van der Waals surface area contributed by atoms with E-state index in [1.54, 1.807) is 30.3 Å². The summed E-state index contributed by atoms with van der Waals surface area (Å²) in [4.78, 5) is 25.9. The number of nitrogens with two attached hydrogens (primary N) is 1. The van der Waals surface area contributed by atoms with E-state index in [0.717, 1.165) is 16.8 Å². The highest BCUT2D eigenvalue weighted by atomic mass is 32.2. The largest absolute Gasteiger partial charge is 0.387 e. The van der Waals surface area contributed by atoms with E-state index in [2.05, 4.69) is 16.6 Å². The molecule has 15 nitrogen and oxygen atoms in total. The highest BCUT2D eigenvalue weighted by molar-refractivity contribution is 7.92. The van der Waals surface area contributed by atoms with E-state index >= 15 is 0 Å². The van der Waals surface area contributed by atoms with Gasteiger partial charge in [-0.1, -0.05) is 36.1 Å². The number of aliphatic hydroxyl groups is 4. The summed E-state index contributed by atoms with van der Waals surface area (Å²) in [6, 6.07) is 14.9. The Hall–Kier alpha value is -3.89. The molecular weight excluding hydrogens is 600 g/mol. The molecule has 2 aliphatic heterocycles. The number of hydrogen-bond acceptors (Lipinski definition) is 12. The van der Waals surface area contributed by atoms with Gasteiger partial charge in [-0.3, -0.25) is 19.1 Å². The second kappa shape index (κ2) is 13.0. The Morgan fingerprint density at radius 1 is 0.977 bits per heavy atom. The highest BCUT2D eigenvalue weighted by Crippen LogP contribution is 2.33. The Balaban J connectivity index is 1.44. The Morgan fingerprint density at radius 2 is 1.73 bits per heavy atom. The summed E-state index contributed by atoms with van der Waals surface area (Å²) in [5.74, 6) is 5.55. The average molecular weight is 631 g/mol. The molecule has 0 unspecified atom stereocenters. The lowest BCUT2D eigenvalue weighted by molar-refractivity contribution is -0.205. The number of nitrogens with one attached hydrogen (secondary N) is 2. The summed E-state index contributed by atoms with van der Waals surface area (Å²) in [5.41, 5.74) is 4.51. The van der Waals surface area contributed by atoms with Gasteiger partial charge in [0.15, 0.2) is 18.6 Å². The summed E-state index contributed by atoms with van der Waals surface area (Å²) >= 11 is 0. The van der Waals surface area contributed by atoms with Crippen molar-refractivity contribution in [3.05, 3.63) is 93.3 Å². The van der Waals surface area contributed by atoms with Crippen LogP contribution in [0.15, 0.2) is 81.3 Å². The van der Waals surface area contributed by atoms with Gasteiger partial charge >= 0.3 is 5.69 Å². The van der Waals surface area contributed by atoms with Crippen LogP contribution in [0.1, 0.15) is 11.8 Å². The maximum atomic E-state index is 12.8. The molecule has 2 aliphatic rings. The lowest BCUT2D eigenvalue weighted by atomic mass is 10.0. The van der Waals surface area contributed by atoms with Gasteiger partial charge < -0.3 is 40.4 Å². The highest BCUT2D eigenvalue weighted by Gasteiger charge is 2.50. The number of aromatic nitrogens is 2. The lowest BCUT2D eigenvalue weighted by Crippen LogP contribution is -2.43. The molecule has 0 radical (unpaired) electrons. The number of aliphatic hydroxyl groups excluding tert-OH is 4. The first-order chi connectivity index (χ1) is 21.0. The van der Waals surface area contributed by atoms with Crippen LogP contribution in [-0.2, 0) is 24.2 Å². The van der Waals surface area contributed by atoms with E-state index in [4.69, 9.17) is 19.9 Å².